The second-order valence-electron chi connectivity index (χ2n) is 11.5. The van der Waals surface area contributed by atoms with Gasteiger partial charge in [-0.2, -0.15) is 0 Å². The van der Waals surface area contributed by atoms with Crippen molar-refractivity contribution in [2.75, 3.05) is 0 Å². The number of nitrogens with zero attached hydrogens (tertiary/aromatic N) is 3. The lowest BCUT2D eigenvalue weighted by atomic mass is 9.81. The van der Waals surface area contributed by atoms with E-state index in [-0.39, 0.29) is 0 Å². The molecule has 3 atom stereocenters. The summed E-state index contributed by atoms with van der Waals surface area (Å²) in [5.74, 6) is 2.41. The van der Waals surface area contributed by atoms with Crippen LogP contribution in [0.1, 0.15) is 42.7 Å². The van der Waals surface area contributed by atoms with Crippen molar-refractivity contribution in [1.29, 1.82) is 0 Å². The number of aryl methyl sites for hydroxylation is 2. The molecule has 7 aromatic rings. The first kappa shape index (κ1) is 19.5. The van der Waals surface area contributed by atoms with Crippen LogP contribution in [-0.4, -0.2) is 9.38 Å². The molecule has 0 amide bonds. The predicted molar refractivity (Wildman–Crippen MR) is 148 cm³/mol. The third-order valence-corrected chi connectivity index (χ3v) is 9.81. The maximum Gasteiger partial charge on any atom is 0.287 e. The summed E-state index contributed by atoms with van der Waals surface area (Å²) in [5.41, 5.74) is 9.34. The van der Waals surface area contributed by atoms with Crippen molar-refractivity contribution in [3.63, 3.8) is 0 Å². The average Bonchev–Trinajstić information content (AvgIpc) is 3.63. The van der Waals surface area contributed by atoms with Gasteiger partial charge in [0, 0.05) is 16.2 Å². The Morgan fingerprint density at radius 2 is 1.69 bits per heavy atom. The molecule has 3 unspecified atom stereocenters. The molecule has 2 aliphatic rings. The molecule has 0 aliphatic heterocycles. The van der Waals surface area contributed by atoms with Crippen molar-refractivity contribution in [2.45, 2.75) is 38.5 Å². The Balaban J connectivity index is 1.61. The lowest BCUT2D eigenvalue weighted by Gasteiger charge is -2.23. The Morgan fingerprint density at radius 1 is 0.861 bits per heavy atom. The molecule has 36 heavy (non-hydrogen) atoms. The van der Waals surface area contributed by atoms with Gasteiger partial charge in [-0.15, -0.1) is 0 Å². The molecular formula is C33H28N3+. The SMILES string of the molecule is Cc1c2ccccc2cc2c1c1c3c(cc(C4CC5CCC4C5)c4c5ccccc5n2c43)nc[n+]1C. The molecule has 0 radical (unpaired) electrons. The van der Waals surface area contributed by atoms with Gasteiger partial charge < -0.3 is 4.40 Å². The zero-order valence-electron chi connectivity index (χ0n) is 20.8. The number of fused-ring (bicyclic) bond motifs is 9. The predicted octanol–water partition coefficient (Wildman–Crippen LogP) is 7.57. The maximum atomic E-state index is 5.05. The summed E-state index contributed by atoms with van der Waals surface area (Å²) in [7, 11) is 2.16. The first-order valence-corrected chi connectivity index (χ1v) is 13.5. The number of pyridine rings is 1. The minimum atomic E-state index is 0.659. The number of para-hydroxylation sites is 1. The zero-order chi connectivity index (χ0) is 23.7. The fourth-order valence-electron chi connectivity index (χ4n) is 8.36. The van der Waals surface area contributed by atoms with Gasteiger partial charge in [0.1, 0.15) is 5.52 Å². The largest absolute Gasteiger partial charge is 0.307 e. The molecule has 3 heterocycles. The Morgan fingerprint density at radius 3 is 2.53 bits per heavy atom. The number of hydrogen-bond donors (Lipinski definition) is 0. The van der Waals surface area contributed by atoms with E-state index in [4.69, 9.17) is 4.98 Å². The summed E-state index contributed by atoms with van der Waals surface area (Å²) in [4.78, 5) is 5.05. The summed E-state index contributed by atoms with van der Waals surface area (Å²) in [6, 6.07) is 22.8. The molecule has 2 aliphatic carbocycles. The molecule has 0 spiro atoms. The molecule has 2 bridgehead atoms. The summed E-state index contributed by atoms with van der Waals surface area (Å²) in [6.07, 6.45) is 7.62. The summed E-state index contributed by atoms with van der Waals surface area (Å²) >= 11 is 0. The van der Waals surface area contributed by atoms with Gasteiger partial charge in [-0.1, -0.05) is 48.9 Å². The van der Waals surface area contributed by atoms with Crippen LogP contribution in [0.5, 0.6) is 0 Å². The molecule has 0 N–H and O–H groups in total. The normalized spacial score (nSPS) is 22.0. The first-order valence-electron chi connectivity index (χ1n) is 13.5. The monoisotopic (exact) mass is 466 g/mol. The topological polar surface area (TPSA) is 21.2 Å². The molecule has 2 fully saturated rings. The highest BCUT2D eigenvalue weighted by molar-refractivity contribution is 6.28. The Labute approximate surface area is 209 Å². The minimum Gasteiger partial charge on any atom is -0.307 e. The fraction of sp³-hybridized carbons (Fsp3) is 0.273. The molecule has 2 saturated carbocycles. The fourth-order valence-corrected chi connectivity index (χ4v) is 8.36. The molecule has 3 heteroatoms. The maximum absolute atomic E-state index is 5.05. The molecule has 9 rings (SSSR count). The lowest BCUT2D eigenvalue weighted by molar-refractivity contribution is -0.646. The van der Waals surface area contributed by atoms with Gasteiger partial charge >= 0.3 is 0 Å². The molecule has 3 nitrogen and oxygen atoms in total. The standard InChI is InChI=1S/C33H28N3/c1-18-22-8-4-3-7-20(22)15-28-29(18)32-31-26(34-17-35(32)2)16-25(24-14-19-11-12-21(24)13-19)30-23-9-5-6-10-27(23)36(28)33(30)31/h3-10,15-17,19,21,24H,11-14H2,1-2H3/q+1. The number of hydrogen-bond acceptors (Lipinski definition) is 1. The van der Waals surface area contributed by atoms with E-state index >= 15 is 0 Å². The van der Waals surface area contributed by atoms with Gasteiger partial charge in [0.25, 0.3) is 6.33 Å². The van der Waals surface area contributed by atoms with Gasteiger partial charge in [0.15, 0.2) is 5.52 Å². The molecule has 4 aromatic carbocycles. The van der Waals surface area contributed by atoms with Gasteiger partial charge in [0.05, 0.1) is 29.0 Å². The number of aromatic nitrogens is 3. The zero-order valence-corrected chi connectivity index (χ0v) is 20.8. The number of rotatable bonds is 1. The van der Waals surface area contributed by atoms with Crippen molar-refractivity contribution in [3.8, 4) is 0 Å². The van der Waals surface area contributed by atoms with Crippen LogP contribution in [0.15, 0.2) is 67.0 Å². The van der Waals surface area contributed by atoms with E-state index in [0.29, 0.717) is 5.92 Å². The van der Waals surface area contributed by atoms with E-state index in [0.717, 1.165) is 17.4 Å². The van der Waals surface area contributed by atoms with Crippen LogP contribution in [0.3, 0.4) is 0 Å². The second-order valence-corrected chi connectivity index (χ2v) is 11.5. The highest BCUT2D eigenvalue weighted by Gasteiger charge is 2.42. The quantitative estimate of drug-likeness (QED) is 0.139. The molecular weight excluding hydrogens is 438 g/mol. The highest BCUT2D eigenvalue weighted by atomic mass is 15.0. The van der Waals surface area contributed by atoms with Crippen LogP contribution < -0.4 is 4.57 Å². The second kappa shape index (κ2) is 6.53. The molecule has 0 saturated heterocycles. The van der Waals surface area contributed by atoms with Gasteiger partial charge in [-0.3, -0.25) is 0 Å². The van der Waals surface area contributed by atoms with E-state index in [9.17, 15) is 0 Å². The van der Waals surface area contributed by atoms with Gasteiger partial charge in [-0.05, 0) is 89.0 Å². The minimum absolute atomic E-state index is 0.659. The first-order chi connectivity index (χ1) is 17.7. The highest BCUT2D eigenvalue weighted by Crippen LogP contribution is 2.55. The van der Waals surface area contributed by atoms with Crippen LogP contribution in [0.25, 0.3) is 59.9 Å². The van der Waals surface area contributed by atoms with E-state index in [1.165, 1.54) is 85.6 Å². The molecule has 174 valence electrons. The van der Waals surface area contributed by atoms with Crippen LogP contribution in [-0.2, 0) is 7.05 Å². The van der Waals surface area contributed by atoms with E-state index in [2.05, 4.69) is 83.6 Å². The van der Waals surface area contributed by atoms with Gasteiger partial charge in [-0.25, -0.2) is 4.57 Å². The van der Waals surface area contributed by atoms with Crippen molar-refractivity contribution in [1.82, 2.24) is 9.38 Å². The third kappa shape index (κ3) is 2.21. The lowest BCUT2D eigenvalue weighted by Crippen LogP contribution is -2.30. The van der Waals surface area contributed by atoms with Gasteiger partial charge in [0.2, 0.25) is 0 Å². The average molecular weight is 467 g/mol. The van der Waals surface area contributed by atoms with Crippen molar-refractivity contribution < 1.29 is 4.57 Å². The van der Waals surface area contributed by atoms with Crippen molar-refractivity contribution >= 4 is 59.9 Å². The summed E-state index contributed by atoms with van der Waals surface area (Å²) < 4.78 is 4.83. The van der Waals surface area contributed by atoms with Crippen molar-refractivity contribution in [3.05, 3.63) is 78.1 Å². The summed E-state index contributed by atoms with van der Waals surface area (Å²) in [5, 5.41) is 8.15. The molecule has 3 aromatic heterocycles. The van der Waals surface area contributed by atoms with E-state index < -0.39 is 0 Å². The van der Waals surface area contributed by atoms with Crippen LogP contribution in [0.2, 0.25) is 0 Å². The van der Waals surface area contributed by atoms with Crippen LogP contribution in [0.4, 0.5) is 0 Å². The van der Waals surface area contributed by atoms with Crippen molar-refractivity contribution in [2.24, 2.45) is 18.9 Å². The smallest absolute Gasteiger partial charge is 0.287 e. The Kier molecular flexibility index (Phi) is 3.53. The van der Waals surface area contributed by atoms with Crippen LogP contribution in [0, 0.1) is 18.8 Å². The van der Waals surface area contributed by atoms with Crippen LogP contribution >= 0.6 is 0 Å². The Bertz CT molecular complexity index is 2050. The third-order valence-electron chi connectivity index (χ3n) is 9.81. The van der Waals surface area contributed by atoms with E-state index in [1.54, 1.807) is 5.56 Å². The summed E-state index contributed by atoms with van der Waals surface area (Å²) in [6.45, 7) is 2.30. The van der Waals surface area contributed by atoms with E-state index in [1.807, 2.05) is 6.33 Å². The Hall–Kier alpha value is -3.72. The number of benzene rings is 4.